The molecule has 12 atom stereocenters. The Kier molecular flexibility index (Phi) is 14.4. The van der Waals surface area contributed by atoms with Crippen LogP contribution >= 0.6 is 0 Å². The molecule has 2 fully saturated rings. The van der Waals surface area contributed by atoms with Crippen LogP contribution in [0, 0.1) is 53.3 Å². The molecule has 3 aromatic rings. The molecule has 8 rings (SSSR count). The molecule has 3 aliphatic heterocycles. The van der Waals surface area contributed by atoms with Crippen LogP contribution < -0.4 is 18.9 Å². The van der Waals surface area contributed by atoms with Crippen LogP contribution in [0.2, 0.25) is 0 Å². The average Bonchev–Trinajstić information content (AvgIpc) is 3.77. The summed E-state index contributed by atoms with van der Waals surface area (Å²) in [5.74, 6) is 1.60. The number of ether oxygens (including phenoxy) is 7. The van der Waals surface area contributed by atoms with Gasteiger partial charge in [0.2, 0.25) is 19.4 Å². The van der Waals surface area contributed by atoms with Crippen LogP contribution in [0.1, 0.15) is 110 Å². The molecule has 2 saturated carbocycles. The van der Waals surface area contributed by atoms with E-state index in [1.54, 1.807) is 14.2 Å². The molecule has 12 nitrogen and oxygen atoms in total. The molecule has 12 heteroatoms. The summed E-state index contributed by atoms with van der Waals surface area (Å²) in [6.45, 7) is 15.8. The highest BCUT2D eigenvalue weighted by molar-refractivity contribution is 6.13. The number of rotatable bonds is 14. The maximum absolute atomic E-state index is 15.1. The minimum atomic E-state index is -0.991. The Morgan fingerprint density at radius 3 is 1.77 bits per heavy atom. The largest absolute Gasteiger partial charge is 0.497 e. The summed E-state index contributed by atoms with van der Waals surface area (Å²) in [6.07, 6.45) is 4.01. The summed E-state index contributed by atoms with van der Waals surface area (Å²) in [5, 5.41) is 9.90. The molecular weight excluding hydrogens is 813 g/mol. The summed E-state index contributed by atoms with van der Waals surface area (Å²) >= 11 is 0. The van der Waals surface area contributed by atoms with E-state index >= 15 is 4.79 Å². The third-order valence-corrected chi connectivity index (χ3v) is 14.5. The Bertz CT molecular complexity index is 2100. The van der Waals surface area contributed by atoms with Gasteiger partial charge in [-0.3, -0.25) is 4.79 Å². The first-order valence-corrected chi connectivity index (χ1v) is 23.6. The second kappa shape index (κ2) is 20.1. The van der Waals surface area contributed by atoms with Gasteiger partial charge in [-0.1, -0.05) is 70.8 Å². The van der Waals surface area contributed by atoms with Crippen LogP contribution in [0.25, 0.3) is 0 Å². The first kappa shape index (κ1) is 45.7. The van der Waals surface area contributed by atoms with E-state index in [4.69, 9.17) is 53.1 Å². The number of hydrogen-bond donors (Lipinski definition) is 0. The number of carbonyl (C=O) groups is 1. The molecular formula is C52H68N2O10. The Morgan fingerprint density at radius 1 is 0.672 bits per heavy atom. The van der Waals surface area contributed by atoms with Crippen molar-refractivity contribution >= 4 is 17.4 Å². The lowest BCUT2D eigenvalue weighted by Gasteiger charge is -2.48. The molecule has 346 valence electrons. The highest BCUT2D eigenvalue weighted by Gasteiger charge is 2.57. The van der Waals surface area contributed by atoms with E-state index in [1.807, 2.05) is 67.6 Å². The van der Waals surface area contributed by atoms with Crippen molar-refractivity contribution in [2.24, 2.45) is 63.6 Å². The molecule has 0 amide bonds. The summed E-state index contributed by atoms with van der Waals surface area (Å²) in [6, 6.07) is 21.4. The topological polar surface area (TPSA) is 125 Å². The van der Waals surface area contributed by atoms with Crippen molar-refractivity contribution in [3.8, 4) is 23.0 Å². The summed E-state index contributed by atoms with van der Waals surface area (Å²) < 4.78 is 43.9. The Hall–Kier alpha value is -4.81. The first-order chi connectivity index (χ1) is 31.0. The molecule has 2 aliphatic carbocycles. The van der Waals surface area contributed by atoms with Crippen molar-refractivity contribution in [2.75, 3.05) is 27.6 Å². The van der Waals surface area contributed by atoms with Gasteiger partial charge < -0.3 is 42.8 Å². The monoisotopic (exact) mass is 880 g/mol. The smallest absolute Gasteiger partial charge is 0.315 e. The zero-order valence-electron chi connectivity index (χ0n) is 39.1. The number of fused-ring (bicyclic) bond motifs is 1. The average molecular weight is 881 g/mol. The van der Waals surface area contributed by atoms with E-state index in [9.17, 15) is 0 Å². The number of carbonyl (C=O) groups excluding carboxylic acids is 1. The molecule has 0 aromatic heterocycles. The quantitative estimate of drug-likeness (QED) is 0.145. The van der Waals surface area contributed by atoms with Crippen molar-refractivity contribution in [1.82, 2.24) is 0 Å². The lowest BCUT2D eigenvalue weighted by molar-refractivity contribution is -0.252. The van der Waals surface area contributed by atoms with Gasteiger partial charge in [0.15, 0.2) is 11.5 Å². The number of benzene rings is 3. The van der Waals surface area contributed by atoms with Crippen molar-refractivity contribution in [3.05, 3.63) is 83.4 Å². The summed E-state index contributed by atoms with van der Waals surface area (Å²) in [4.78, 5) is 28.6. The van der Waals surface area contributed by atoms with E-state index in [1.165, 1.54) is 0 Å². The number of esters is 1. The lowest BCUT2D eigenvalue weighted by Crippen LogP contribution is -2.55. The number of methoxy groups -OCH3 is 2. The molecule has 3 aromatic carbocycles. The lowest BCUT2D eigenvalue weighted by atomic mass is 9.65. The van der Waals surface area contributed by atoms with Gasteiger partial charge in [-0.15, -0.1) is 0 Å². The predicted octanol–water partition coefficient (Wildman–Crippen LogP) is 10.4. The van der Waals surface area contributed by atoms with Gasteiger partial charge in [0, 0.05) is 11.5 Å². The number of oxime groups is 2. The van der Waals surface area contributed by atoms with Crippen molar-refractivity contribution in [3.63, 3.8) is 0 Å². The Morgan fingerprint density at radius 2 is 1.20 bits per heavy atom. The second-order valence-corrected chi connectivity index (χ2v) is 19.3. The van der Waals surface area contributed by atoms with Crippen molar-refractivity contribution in [2.45, 2.75) is 118 Å². The van der Waals surface area contributed by atoms with Gasteiger partial charge in [-0.05, 0) is 140 Å². The van der Waals surface area contributed by atoms with E-state index in [0.717, 1.165) is 49.7 Å². The van der Waals surface area contributed by atoms with Crippen molar-refractivity contribution in [1.29, 1.82) is 0 Å². The molecule has 0 radical (unpaired) electrons. The van der Waals surface area contributed by atoms with Crippen molar-refractivity contribution < 1.29 is 47.6 Å². The van der Waals surface area contributed by atoms with Gasteiger partial charge in [-0.2, -0.15) is 0 Å². The second-order valence-electron chi connectivity index (χ2n) is 19.3. The molecule has 64 heavy (non-hydrogen) atoms. The van der Waals surface area contributed by atoms with E-state index < -0.39 is 42.2 Å². The van der Waals surface area contributed by atoms with Crippen LogP contribution in [-0.4, -0.2) is 69.8 Å². The van der Waals surface area contributed by atoms with E-state index in [0.29, 0.717) is 69.6 Å². The number of hydrogen-bond acceptors (Lipinski definition) is 12. The number of nitrogens with zero attached hydrogens (tertiary/aromatic N) is 2. The molecule has 0 bridgehead atoms. The molecule has 0 saturated heterocycles. The first-order valence-electron chi connectivity index (χ1n) is 23.6. The SMILES string of the molecule is CCOC(=O)[C@H]1C(c2ccc(OC)cc2)=NO[C@@H](O[C@@H]2C[C@H](C)CC[C@H]2C(C)C)C1C1C(c2ccc(OC)cc2)=NO[C@@H](O[C@@H]2C[C@H](C)CC[C@H]2C(C)C)[C@@H]1c1ccc2c(c1)OCO2. The maximum atomic E-state index is 15.1. The van der Waals surface area contributed by atoms with Gasteiger partial charge in [-0.25, -0.2) is 0 Å². The van der Waals surface area contributed by atoms with Crippen LogP contribution in [0.4, 0.5) is 0 Å². The minimum Gasteiger partial charge on any atom is -0.497 e. The van der Waals surface area contributed by atoms with Gasteiger partial charge in [0.1, 0.15) is 23.1 Å². The standard InChI is InChI=1S/C52H68N2O10/c1-10-58-50(55)47-46(52(62-42-26-32(7)12-23-39(42)30(4)5)64-54-49(47)34-15-20-37(57-9)21-16-34)45-44(35-17-24-40-43(27-35)60-28-59-40)51(61-41-25-31(6)11-22-38(41)29(2)3)63-53-48(45)33-13-18-36(56-8)19-14-33/h13-21,24,27,29-32,38-39,41-42,44-47,51-52H,10-12,22-23,25-26,28H2,1-9H3/t31-,32-,38+,39+,41-,42-,44-,45?,46?,47-,51-,52-/m1/s1. The van der Waals surface area contributed by atoms with Gasteiger partial charge >= 0.3 is 5.97 Å². The highest BCUT2D eigenvalue weighted by Crippen LogP contribution is 2.51. The third kappa shape index (κ3) is 9.59. The third-order valence-electron chi connectivity index (χ3n) is 14.5. The zero-order valence-corrected chi connectivity index (χ0v) is 39.1. The maximum Gasteiger partial charge on any atom is 0.315 e. The molecule has 3 heterocycles. The highest BCUT2D eigenvalue weighted by atomic mass is 16.8. The molecule has 2 unspecified atom stereocenters. The Balaban J connectivity index is 1.36. The van der Waals surface area contributed by atoms with Crippen LogP contribution in [0.3, 0.4) is 0 Å². The van der Waals surface area contributed by atoms with E-state index in [2.05, 4.69) is 47.6 Å². The summed E-state index contributed by atoms with van der Waals surface area (Å²) in [5.41, 5.74) is 3.43. The van der Waals surface area contributed by atoms with Gasteiger partial charge in [0.25, 0.3) is 0 Å². The van der Waals surface area contributed by atoms with Crippen LogP contribution in [-0.2, 0) is 28.7 Å². The predicted molar refractivity (Wildman–Crippen MR) is 244 cm³/mol. The Labute approximate surface area is 379 Å². The summed E-state index contributed by atoms with van der Waals surface area (Å²) in [7, 11) is 3.28. The minimum absolute atomic E-state index is 0.0916. The van der Waals surface area contributed by atoms with Gasteiger partial charge in [0.05, 0.1) is 50.6 Å². The fraction of sp³-hybridized carbons (Fsp3) is 0.596. The van der Waals surface area contributed by atoms with E-state index in [-0.39, 0.29) is 31.5 Å². The fourth-order valence-corrected chi connectivity index (χ4v) is 11.0. The molecule has 0 N–H and O–H groups in total. The van der Waals surface area contributed by atoms with Crippen LogP contribution in [0.15, 0.2) is 77.0 Å². The molecule has 5 aliphatic rings. The molecule has 0 spiro atoms. The van der Waals surface area contributed by atoms with Crippen LogP contribution in [0.5, 0.6) is 23.0 Å². The fourth-order valence-electron chi connectivity index (χ4n) is 11.0. The normalized spacial score (nSPS) is 31.4. The zero-order chi connectivity index (χ0) is 45.1.